The smallest absolute Gasteiger partial charge is 0.167 e. The van der Waals surface area contributed by atoms with Gasteiger partial charge in [0, 0.05) is 24.4 Å². The zero-order valence-electron chi connectivity index (χ0n) is 12.2. The molecule has 108 valence electrons. The molecule has 4 rings (SSSR count). The van der Waals surface area contributed by atoms with E-state index in [2.05, 4.69) is 23.5 Å². The predicted octanol–water partition coefficient (Wildman–Crippen LogP) is 4.61. The third kappa shape index (κ3) is 3.07. The molecule has 0 fully saturated rings. The molecule has 1 N–H and O–H groups in total. The molecule has 2 nitrogen and oxygen atoms in total. The van der Waals surface area contributed by atoms with Crippen molar-refractivity contribution in [2.75, 3.05) is 0 Å². The summed E-state index contributed by atoms with van der Waals surface area (Å²) in [5.41, 5.74) is 1.93. The summed E-state index contributed by atoms with van der Waals surface area (Å²) in [5.74, 6) is 0.221. The maximum absolute atomic E-state index is 11.7. The summed E-state index contributed by atoms with van der Waals surface area (Å²) >= 11 is 0. The summed E-state index contributed by atoms with van der Waals surface area (Å²) in [4.78, 5) is 11.7. The molecule has 0 aromatic heterocycles. The third-order valence-corrected chi connectivity index (χ3v) is 3.58. The van der Waals surface area contributed by atoms with Crippen LogP contribution in [0.15, 0.2) is 79.2 Å². The molecule has 22 heavy (non-hydrogen) atoms. The van der Waals surface area contributed by atoms with Crippen LogP contribution in [0.2, 0.25) is 0 Å². The first kappa shape index (κ1) is 14.1. The molecule has 0 radical (unpaired) electrons. The zero-order valence-corrected chi connectivity index (χ0v) is 12.2. The fourth-order valence-electron chi connectivity index (χ4n) is 2.52. The Kier molecular flexibility index (Phi) is 4.30. The van der Waals surface area contributed by atoms with Crippen LogP contribution in [-0.4, -0.2) is 5.78 Å². The Morgan fingerprint density at radius 1 is 0.864 bits per heavy atom. The molecule has 0 saturated carbocycles. The van der Waals surface area contributed by atoms with E-state index in [4.69, 9.17) is 0 Å². The van der Waals surface area contributed by atoms with Gasteiger partial charge in [0.05, 0.1) is 0 Å². The highest BCUT2D eigenvalue weighted by molar-refractivity contribution is 6.08. The van der Waals surface area contributed by atoms with E-state index in [0.29, 0.717) is 6.42 Å². The van der Waals surface area contributed by atoms with Gasteiger partial charge in [-0.2, -0.15) is 0 Å². The fraction of sp³-hybridized carbons (Fsp3) is 0.0500. The molecule has 2 aliphatic rings. The van der Waals surface area contributed by atoms with Gasteiger partial charge in [-0.1, -0.05) is 60.7 Å². The lowest BCUT2D eigenvalue weighted by Crippen LogP contribution is -2.04. The molecular weight excluding hydrogens is 270 g/mol. The Bertz CT molecular complexity index is 796. The third-order valence-electron chi connectivity index (χ3n) is 3.58. The molecule has 1 aliphatic carbocycles. The first-order chi connectivity index (χ1) is 10.9. The average molecular weight is 287 g/mol. The number of carbonyl (C=O) groups is 1. The zero-order chi connectivity index (χ0) is 15.2. The van der Waals surface area contributed by atoms with Gasteiger partial charge in [-0.3, -0.25) is 4.79 Å². The highest BCUT2D eigenvalue weighted by Gasteiger charge is 2.14. The molecule has 2 aromatic carbocycles. The van der Waals surface area contributed by atoms with Crippen LogP contribution in [0.1, 0.15) is 22.3 Å². The first-order valence-corrected chi connectivity index (χ1v) is 7.32. The Balaban J connectivity index is 0.000000174. The molecule has 2 aromatic rings. The molecule has 0 amide bonds. The number of Topliss-reactive ketones (excluding diaryl/α,β-unsaturated/α-hetero) is 1. The second-order valence-electron chi connectivity index (χ2n) is 5.05. The van der Waals surface area contributed by atoms with Crippen molar-refractivity contribution in [1.29, 1.82) is 0 Å². The van der Waals surface area contributed by atoms with Gasteiger partial charge in [0.25, 0.3) is 0 Å². The van der Waals surface area contributed by atoms with Crippen molar-refractivity contribution < 1.29 is 4.79 Å². The predicted molar refractivity (Wildman–Crippen MR) is 92.5 cm³/mol. The van der Waals surface area contributed by atoms with E-state index in [1.165, 1.54) is 10.8 Å². The second kappa shape index (κ2) is 6.72. The SMILES string of the molecule is C1=CC=CNC=C1.O=C1CC=Cc2c1ccc1ccccc21. The molecule has 0 spiro atoms. The number of rotatable bonds is 0. The molecule has 0 unspecified atom stereocenters. The number of hydrogen-bond donors (Lipinski definition) is 1. The van der Waals surface area contributed by atoms with Gasteiger partial charge < -0.3 is 5.32 Å². The number of hydrogen-bond acceptors (Lipinski definition) is 2. The van der Waals surface area contributed by atoms with Crippen LogP contribution in [0, 0.1) is 0 Å². The summed E-state index contributed by atoms with van der Waals surface area (Å²) in [7, 11) is 0. The Labute approximate surface area is 130 Å². The summed E-state index contributed by atoms with van der Waals surface area (Å²) in [5, 5.41) is 5.28. The van der Waals surface area contributed by atoms with Crippen molar-refractivity contribution in [1.82, 2.24) is 5.32 Å². The monoisotopic (exact) mass is 287 g/mol. The number of fused-ring (bicyclic) bond motifs is 3. The molecule has 0 bridgehead atoms. The number of nitrogens with one attached hydrogen (secondary N) is 1. The van der Waals surface area contributed by atoms with E-state index < -0.39 is 0 Å². The quantitative estimate of drug-likeness (QED) is 0.766. The van der Waals surface area contributed by atoms with Crippen molar-refractivity contribution in [3.63, 3.8) is 0 Å². The minimum absolute atomic E-state index is 0.221. The highest BCUT2D eigenvalue weighted by atomic mass is 16.1. The Morgan fingerprint density at radius 3 is 2.45 bits per heavy atom. The second-order valence-corrected chi connectivity index (χ2v) is 5.05. The standard InChI is InChI=1S/C14H10O.C6H7N/c15-14-7-3-6-12-11-5-2-1-4-10(11)8-9-13(12)14;1-2-4-6-7-5-3-1/h1-6,8-9H,7H2;1-7H. The maximum Gasteiger partial charge on any atom is 0.167 e. The molecule has 0 saturated heterocycles. The van der Waals surface area contributed by atoms with Crippen molar-refractivity contribution in [2.24, 2.45) is 0 Å². The number of ketones is 1. The molecule has 0 atom stereocenters. The summed E-state index contributed by atoms with van der Waals surface area (Å²) < 4.78 is 0. The average Bonchev–Trinajstić information content (AvgIpc) is 2.88. The van der Waals surface area contributed by atoms with Crippen LogP contribution in [-0.2, 0) is 0 Å². The summed E-state index contributed by atoms with van der Waals surface area (Å²) in [6.07, 6.45) is 16.1. The Hall–Kier alpha value is -2.87. The van der Waals surface area contributed by atoms with Crippen molar-refractivity contribution >= 4 is 22.6 Å². The number of benzene rings is 2. The fourth-order valence-corrected chi connectivity index (χ4v) is 2.52. The minimum atomic E-state index is 0.221. The van der Waals surface area contributed by atoms with Crippen molar-refractivity contribution in [2.45, 2.75) is 6.42 Å². The van der Waals surface area contributed by atoms with Gasteiger partial charge >= 0.3 is 0 Å². The van der Waals surface area contributed by atoms with Crippen LogP contribution < -0.4 is 5.32 Å². The normalized spacial score (nSPS) is 14.8. The molecule has 1 aliphatic heterocycles. The minimum Gasteiger partial charge on any atom is -0.368 e. The maximum atomic E-state index is 11.7. The van der Waals surface area contributed by atoms with Crippen LogP contribution in [0.5, 0.6) is 0 Å². The lowest BCUT2D eigenvalue weighted by atomic mass is 9.91. The van der Waals surface area contributed by atoms with Gasteiger partial charge in [-0.15, -0.1) is 0 Å². The van der Waals surface area contributed by atoms with E-state index in [9.17, 15) is 4.79 Å². The number of carbonyl (C=O) groups excluding carboxylic acids is 1. The van der Waals surface area contributed by atoms with Gasteiger partial charge in [0.15, 0.2) is 5.78 Å². The van der Waals surface area contributed by atoms with Crippen LogP contribution in [0.3, 0.4) is 0 Å². The van der Waals surface area contributed by atoms with E-state index >= 15 is 0 Å². The molecule has 1 heterocycles. The van der Waals surface area contributed by atoms with Gasteiger partial charge in [-0.25, -0.2) is 0 Å². The summed E-state index contributed by atoms with van der Waals surface area (Å²) in [6, 6.07) is 12.1. The van der Waals surface area contributed by atoms with Crippen LogP contribution >= 0.6 is 0 Å². The van der Waals surface area contributed by atoms with Gasteiger partial charge in [-0.05, 0) is 28.5 Å². The summed E-state index contributed by atoms with van der Waals surface area (Å²) in [6.45, 7) is 0. The van der Waals surface area contributed by atoms with Crippen molar-refractivity contribution in [3.05, 3.63) is 90.3 Å². The molecular formula is C20H17NO. The molecule has 2 heteroatoms. The first-order valence-electron chi connectivity index (χ1n) is 7.32. The van der Waals surface area contributed by atoms with Crippen LogP contribution in [0.4, 0.5) is 0 Å². The lowest BCUT2D eigenvalue weighted by Gasteiger charge is -2.11. The van der Waals surface area contributed by atoms with Crippen molar-refractivity contribution in [3.8, 4) is 0 Å². The van der Waals surface area contributed by atoms with E-state index in [1.54, 1.807) is 0 Å². The van der Waals surface area contributed by atoms with Gasteiger partial charge in [0.2, 0.25) is 0 Å². The van der Waals surface area contributed by atoms with E-state index in [-0.39, 0.29) is 5.78 Å². The lowest BCUT2D eigenvalue weighted by molar-refractivity contribution is 0.0994. The highest BCUT2D eigenvalue weighted by Crippen LogP contribution is 2.27. The van der Waals surface area contributed by atoms with E-state index in [1.807, 2.05) is 67.0 Å². The topological polar surface area (TPSA) is 29.1 Å². The number of allylic oxidation sites excluding steroid dienone is 5. The Morgan fingerprint density at radius 2 is 1.64 bits per heavy atom. The van der Waals surface area contributed by atoms with E-state index in [0.717, 1.165) is 11.1 Å². The van der Waals surface area contributed by atoms with Gasteiger partial charge in [0.1, 0.15) is 0 Å². The van der Waals surface area contributed by atoms with Crippen LogP contribution in [0.25, 0.3) is 16.8 Å². The largest absolute Gasteiger partial charge is 0.368 e.